The number of nitrogens with one attached hydrogen (secondary N) is 1. The fraction of sp³-hybridized carbons (Fsp3) is 0.545. The van der Waals surface area contributed by atoms with Gasteiger partial charge < -0.3 is 19.6 Å². The van der Waals surface area contributed by atoms with Crippen LogP contribution in [-0.2, 0) is 25.6 Å². The van der Waals surface area contributed by atoms with E-state index in [1.165, 1.54) is 7.05 Å². The number of rotatable bonds is 9. The number of benzene rings is 1. The summed E-state index contributed by atoms with van der Waals surface area (Å²) in [5.41, 5.74) is 1.07. The van der Waals surface area contributed by atoms with E-state index in [0.717, 1.165) is 10.5 Å². The topological polar surface area (TPSA) is 120 Å². The third kappa shape index (κ3) is 8.65. The normalized spacial score (nSPS) is 11.7. The number of hydroxylamine groups is 2. The molecule has 1 unspecified atom stereocenters. The van der Waals surface area contributed by atoms with Crippen molar-refractivity contribution in [1.29, 1.82) is 5.41 Å². The predicted octanol–water partition coefficient (Wildman–Crippen LogP) is 3.54. The van der Waals surface area contributed by atoms with Crippen LogP contribution < -0.4 is 0 Å². The second kappa shape index (κ2) is 12.6. The van der Waals surface area contributed by atoms with E-state index < -0.39 is 30.0 Å². The number of carboxylic acid groups (broad SMARTS) is 1. The number of carbonyl (C=O) groups excluding carboxylic acids is 2. The smallest absolute Gasteiger partial charge is 0.451 e. The maximum atomic E-state index is 12.5. The summed E-state index contributed by atoms with van der Waals surface area (Å²) < 4.78 is 5.11. The molecule has 1 rings (SSSR count). The summed E-state index contributed by atoms with van der Waals surface area (Å²) in [4.78, 5) is 42.7. The first kappa shape index (κ1) is 25.9. The van der Waals surface area contributed by atoms with Crippen molar-refractivity contribution >= 4 is 24.0 Å². The number of likely N-dealkylation sites (N-methyl/N-ethyl adjacent to an activating group) is 1. The molecular formula is C22H33N3O6. The maximum Gasteiger partial charge on any atom is 0.451 e. The van der Waals surface area contributed by atoms with Gasteiger partial charge in [-0.3, -0.25) is 5.41 Å². The Morgan fingerprint density at radius 2 is 1.71 bits per heavy atom. The second-order valence-electron chi connectivity index (χ2n) is 8.03. The lowest BCUT2D eigenvalue weighted by Gasteiger charge is -2.32. The number of hydrogen-bond donors (Lipinski definition) is 2. The van der Waals surface area contributed by atoms with Crippen LogP contribution in [0.3, 0.4) is 0 Å². The van der Waals surface area contributed by atoms with Gasteiger partial charge in [-0.25, -0.2) is 14.4 Å². The van der Waals surface area contributed by atoms with E-state index in [-0.39, 0.29) is 24.9 Å². The molecule has 0 radical (unpaired) electrons. The van der Waals surface area contributed by atoms with Crippen molar-refractivity contribution in [1.82, 2.24) is 9.96 Å². The van der Waals surface area contributed by atoms with Crippen LogP contribution in [0.4, 0.5) is 4.79 Å². The minimum absolute atomic E-state index is 0.0202. The van der Waals surface area contributed by atoms with Gasteiger partial charge in [0.1, 0.15) is 6.04 Å². The first-order valence-corrected chi connectivity index (χ1v) is 10.3. The van der Waals surface area contributed by atoms with Gasteiger partial charge in [-0.15, -0.1) is 0 Å². The minimum atomic E-state index is -1.16. The highest BCUT2D eigenvalue weighted by molar-refractivity contribution is 5.94. The van der Waals surface area contributed by atoms with E-state index in [9.17, 15) is 19.5 Å². The molecule has 0 aliphatic carbocycles. The Morgan fingerprint density at radius 3 is 2.23 bits per heavy atom. The van der Waals surface area contributed by atoms with E-state index in [1.807, 2.05) is 44.2 Å². The summed E-state index contributed by atoms with van der Waals surface area (Å²) in [6.07, 6.45) is 0.117. The monoisotopic (exact) mass is 435 g/mol. The number of ether oxygens (including phenoxy) is 1. The maximum absolute atomic E-state index is 12.5. The van der Waals surface area contributed by atoms with Gasteiger partial charge in [0.05, 0.1) is 6.61 Å². The molecule has 0 fully saturated rings. The number of aliphatic carboxylic acids is 1. The Morgan fingerprint density at radius 1 is 1.10 bits per heavy atom. The zero-order valence-electron chi connectivity index (χ0n) is 18.8. The Kier molecular flexibility index (Phi) is 10.5. The summed E-state index contributed by atoms with van der Waals surface area (Å²) >= 11 is 0. The molecule has 31 heavy (non-hydrogen) atoms. The molecule has 0 aliphatic heterocycles. The summed E-state index contributed by atoms with van der Waals surface area (Å²) in [5.74, 6) is -2.80. The third-order valence-electron chi connectivity index (χ3n) is 4.42. The predicted molar refractivity (Wildman–Crippen MR) is 115 cm³/mol. The average molecular weight is 436 g/mol. The first-order chi connectivity index (χ1) is 14.5. The Labute approximate surface area is 183 Å². The van der Waals surface area contributed by atoms with Crippen molar-refractivity contribution in [3.05, 3.63) is 35.9 Å². The van der Waals surface area contributed by atoms with Crippen molar-refractivity contribution in [2.24, 2.45) is 11.8 Å². The molecule has 1 aromatic rings. The van der Waals surface area contributed by atoms with Crippen molar-refractivity contribution in [2.45, 2.75) is 53.0 Å². The molecule has 172 valence electrons. The van der Waals surface area contributed by atoms with Gasteiger partial charge in [0, 0.05) is 13.5 Å². The fourth-order valence-corrected chi connectivity index (χ4v) is 2.87. The number of carboxylic acids is 1. The van der Waals surface area contributed by atoms with Gasteiger partial charge in [-0.05, 0) is 30.2 Å². The second-order valence-corrected chi connectivity index (χ2v) is 8.03. The van der Waals surface area contributed by atoms with Crippen molar-refractivity contribution in [3.8, 4) is 0 Å². The van der Waals surface area contributed by atoms with Gasteiger partial charge in [-0.2, -0.15) is 0 Å². The number of hydrogen-bond acceptors (Lipinski definition) is 6. The lowest BCUT2D eigenvalue weighted by molar-refractivity contribution is -0.170. The quantitative estimate of drug-likeness (QED) is 0.346. The summed E-state index contributed by atoms with van der Waals surface area (Å²) in [6.45, 7) is 7.09. The molecule has 9 heteroatoms. The summed E-state index contributed by atoms with van der Waals surface area (Å²) in [6, 6.07) is 8.52. The zero-order chi connectivity index (χ0) is 23.6. The van der Waals surface area contributed by atoms with Crippen molar-refractivity contribution < 1.29 is 29.1 Å². The molecule has 0 spiro atoms. The molecular weight excluding hydrogens is 402 g/mol. The van der Waals surface area contributed by atoms with Crippen LogP contribution in [0, 0.1) is 17.2 Å². The Balaban J connectivity index is 2.86. The Hall–Kier alpha value is -3.10. The largest absolute Gasteiger partial charge is 0.480 e. The SMILES string of the molecule is CC(C)COC(=O)N(OC(=O)CCCc1ccccc1)C(=N)N(C)C(C(=O)O)C(C)C. The minimum Gasteiger partial charge on any atom is -0.480 e. The molecule has 0 heterocycles. The zero-order valence-corrected chi connectivity index (χ0v) is 18.8. The van der Waals surface area contributed by atoms with Crippen LogP contribution in [0.2, 0.25) is 0 Å². The number of guanidine groups is 1. The highest BCUT2D eigenvalue weighted by Crippen LogP contribution is 2.14. The molecule has 1 aromatic carbocycles. The lowest BCUT2D eigenvalue weighted by Crippen LogP contribution is -2.53. The summed E-state index contributed by atoms with van der Waals surface area (Å²) in [7, 11) is 1.35. The molecule has 1 atom stereocenters. The number of amides is 1. The lowest BCUT2D eigenvalue weighted by atomic mass is 10.0. The highest BCUT2D eigenvalue weighted by atomic mass is 16.8. The molecule has 0 saturated carbocycles. The van der Waals surface area contributed by atoms with Crippen LogP contribution in [-0.4, -0.2) is 58.8 Å². The van der Waals surface area contributed by atoms with Gasteiger partial charge in [-0.1, -0.05) is 63.1 Å². The van der Waals surface area contributed by atoms with Gasteiger partial charge in [0.2, 0.25) is 5.96 Å². The average Bonchev–Trinajstić information content (AvgIpc) is 2.69. The fourth-order valence-electron chi connectivity index (χ4n) is 2.87. The third-order valence-corrected chi connectivity index (χ3v) is 4.42. The Bertz CT molecular complexity index is 751. The molecule has 1 amide bonds. The molecule has 0 aromatic heterocycles. The van der Waals surface area contributed by atoms with Crippen LogP contribution in [0.15, 0.2) is 30.3 Å². The van der Waals surface area contributed by atoms with Gasteiger partial charge in [0.25, 0.3) is 0 Å². The van der Waals surface area contributed by atoms with Crippen LogP contribution in [0.25, 0.3) is 0 Å². The number of carbonyl (C=O) groups is 3. The molecule has 0 saturated heterocycles. The van der Waals surface area contributed by atoms with Crippen LogP contribution in [0.5, 0.6) is 0 Å². The van der Waals surface area contributed by atoms with E-state index in [2.05, 4.69) is 0 Å². The van der Waals surface area contributed by atoms with E-state index in [1.54, 1.807) is 13.8 Å². The van der Waals surface area contributed by atoms with Gasteiger partial charge >= 0.3 is 18.0 Å². The highest BCUT2D eigenvalue weighted by Gasteiger charge is 2.35. The van der Waals surface area contributed by atoms with E-state index in [0.29, 0.717) is 17.9 Å². The molecule has 2 N–H and O–H groups in total. The van der Waals surface area contributed by atoms with Crippen LogP contribution >= 0.6 is 0 Å². The molecule has 0 bridgehead atoms. The first-order valence-electron chi connectivity index (χ1n) is 10.3. The summed E-state index contributed by atoms with van der Waals surface area (Å²) in [5, 5.41) is 18.2. The molecule has 0 aliphatic rings. The van der Waals surface area contributed by atoms with Crippen molar-refractivity contribution in [2.75, 3.05) is 13.7 Å². The van der Waals surface area contributed by atoms with Gasteiger partial charge in [0.15, 0.2) is 0 Å². The standard InChI is InChI=1S/C22H33N3O6/c1-15(2)14-30-22(29)25(21(23)24(5)19(16(3)4)20(27)28)31-18(26)13-9-12-17-10-7-6-8-11-17/h6-8,10-11,15-16,19,23H,9,12-14H2,1-5H3,(H,27,28). The van der Waals surface area contributed by atoms with Crippen LogP contribution in [0.1, 0.15) is 46.1 Å². The molecule has 9 nitrogen and oxygen atoms in total. The van der Waals surface area contributed by atoms with E-state index in [4.69, 9.17) is 15.0 Å². The number of nitrogens with zero attached hydrogens (tertiary/aromatic N) is 2. The number of aryl methyl sites for hydroxylation is 1. The van der Waals surface area contributed by atoms with E-state index >= 15 is 0 Å². The van der Waals surface area contributed by atoms with Crippen molar-refractivity contribution in [3.63, 3.8) is 0 Å².